The van der Waals surface area contributed by atoms with E-state index in [9.17, 15) is 9.90 Å². The second-order valence-electron chi connectivity index (χ2n) is 6.42. The highest BCUT2D eigenvalue weighted by molar-refractivity contribution is 5.74. The number of likely N-dealkylation sites (N-methyl/N-ethyl adjacent to an activating group) is 1. The van der Waals surface area contributed by atoms with Crippen molar-refractivity contribution in [2.24, 2.45) is 0 Å². The van der Waals surface area contributed by atoms with Crippen LogP contribution in [0.5, 0.6) is 11.5 Å². The van der Waals surface area contributed by atoms with E-state index in [1.165, 1.54) is 5.56 Å². The maximum Gasteiger partial charge on any atom is 0.161 e. The lowest BCUT2D eigenvalue weighted by Crippen LogP contribution is -2.29. The summed E-state index contributed by atoms with van der Waals surface area (Å²) in [7, 11) is 5.17. The number of nitrogens with zero attached hydrogens (tertiary/aromatic N) is 1. The van der Waals surface area contributed by atoms with Crippen molar-refractivity contribution in [3.8, 4) is 11.5 Å². The molecule has 140 valence electrons. The third-order valence-electron chi connectivity index (χ3n) is 4.52. The average Bonchev–Trinajstić information content (AvgIpc) is 2.65. The molecule has 0 radical (unpaired) electrons. The summed E-state index contributed by atoms with van der Waals surface area (Å²) in [5.41, 5.74) is 2.88. The molecule has 0 aliphatic heterocycles. The standard InChI is InChI=1S/C21H27NO4/c1-15(21(23)24)18-13-20(26-4)19(25-3)12-17(18)10-11-22(2)14-16-8-6-5-7-9-16/h5-9,12-13,15H,10-11,14H2,1-4H3,(H,23,24)/p-1. The van der Waals surface area contributed by atoms with E-state index in [0.717, 1.165) is 18.7 Å². The van der Waals surface area contributed by atoms with E-state index in [1.807, 2.05) is 24.3 Å². The Bertz CT molecular complexity index is 730. The minimum absolute atomic E-state index is 0.525. The Kier molecular flexibility index (Phi) is 7.04. The number of rotatable bonds is 9. The van der Waals surface area contributed by atoms with Gasteiger partial charge in [-0.05, 0) is 42.3 Å². The van der Waals surface area contributed by atoms with Gasteiger partial charge in [0, 0.05) is 25.0 Å². The molecule has 26 heavy (non-hydrogen) atoms. The van der Waals surface area contributed by atoms with Crippen LogP contribution < -0.4 is 14.6 Å². The van der Waals surface area contributed by atoms with Crippen LogP contribution in [0.25, 0.3) is 0 Å². The molecule has 0 aliphatic carbocycles. The maximum atomic E-state index is 11.4. The zero-order valence-corrected chi connectivity index (χ0v) is 15.8. The van der Waals surface area contributed by atoms with Crippen molar-refractivity contribution in [1.82, 2.24) is 4.90 Å². The average molecular weight is 356 g/mol. The second-order valence-corrected chi connectivity index (χ2v) is 6.42. The van der Waals surface area contributed by atoms with Gasteiger partial charge < -0.3 is 24.3 Å². The van der Waals surface area contributed by atoms with Gasteiger partial charge in [0.25, 0.3) is 0 Å². The quantitative estimate of drug-likeness (QED) is 0.689. The van der Waals surface area contributed by atoms with E-state index in [4.69, 9.17) is 9.47 Å². The number of aliphatic carboxylic acids is 1. The van der Waals surface area contributed by atoms with Crippen molar-refractivity contribution in [2.75, 3.05) is 27.8 Å². The molecule has 0 bridgehead atoms. The molecule has 0 heterocycles. The summed E-state index contributed by atoms with van der Waals surface area (Å²) in [5.74, 6) is -0.695. The van der Waals surface area contributed by atoms with E-state index in [1.54, 1.807) is 27.2 Å². The fourth-order valence-corrected chi connectivity index (χ4v) is 2.97. The van der Waals surface area contributed by atoms with Crippen LogP contribution >= 0.6 is 0 Å². The molecule has 1 atom stereocenters. The third-order valence-corrected chi connectivity index (χ3v) is 4.52. The number of carbonyl (C=O) groups excluding carboxylic acids is 1. The van der Waals surface area contributed by atoms with Gasteiger partial charge in [0.1, 0.15) is 0 Å². The molecule has 0 spiro atoms. The molecule has 0 fully saturated rings. The summed E-state index contributed by atoms with van der Waals surface area (Å²) in [6, 6.07) is 13.8. The fraction of sp³-hybridized carbons (Fsp3) is 0.381. The summed E-state index contributed by atoms with van der Waals surface area (Å²) < 4.78 is 10.7. The van der Waals surface area contributed by atoms with Crippen molar-refractivity contribution < 1.29 is 19.4 Å². The number of ether oxygens (including phenoxy) is 2. The molecule has 0 N–H and O–H groups in total. The number of hydrogen-bond acceptors (Lipinski definition) is 5. The molecule has 0 amide bonds. The lowest BCUT2D eigenvalue weighted by Gasteiger charge is -2.22. The minimum Gasteiger partial charge on any atom is -0.550 e. The van der Waals surface area contributed by atoms with Gasteiger partial charge in [0.05, 0.1) is 14.2 Å². The van der Waals surface area contributed by atoms with Crippen molar-refractivity contribution in [1.29, 1.82) is 0 Å². The van der Waals surface area contributed by atoms with E-state index >= 15 is 0 Å². The van der Waals surface area contributed by atoms with Crippen LogP contribution in [0, 0.1) is 0 Å². The Balaban J connectivity index is 2.19. The normalized spacial score (nSPS) is 12.0. The molecule has 0 saturated carbocycles. The summed E-state index contributed by atoms with van der Waals surface area (Å²) >= 11 is 0. The first kappa shape index (κ1) is 19.8. The van der Waals surface area contributed by atoms with Crippen LogP contribution in [0.3, 0.4) is 0 Å². The predicted octanol–water partition coefficient (Wildman–Crippen LogP) is 2.23. The summed E-state index contributed by atoms with van der Waals surface area (Å²) in [6.07, 6.45) is 0.705. The molecule has 2 aromatic carbocycles. The van der Waals surface area contributed by atoms with Gasteiger partial charge >= 0.3 is 0 Å². The predicted molar refractivity (Wildman–Crippen MR) is 99.4 cm³/mol. The number of carbonyl (C=O) groups is 1. The Morgan fingerprint density at radius 2 is 1.73 bits per heavy atom. The largest absolute Gasteiger partial charge is 0.550 e. The second kappa shape index (κ2) is 9.25. The lowest BCUT2D eigenvalue weighted by atomic mass is 9.93. The summed E-state index contributed by atoms with van der Waals surface area (Å²) in [4.78, 5) is 13.6. The Hall–Kier alpha value is -2.53. The van der Waals surface area contributed by atoms with Gasteiger partial charge in [-0.15, -0.1) is 0 Å². The number of benzene rings is 2. The fourth-order valence-electron chi connectivity index (χ4n) is 2.97. The van der Waals surface area contributed by atoms with E-state index in [-0.39, 0.29) is 0 Å². The first-order valence-corrected chi connectivity index (χ1v) is 8.64. The third kappa shape index (κ3) is 4.99. The van der Waals surface area contributed by atoms with E-state index in [0.29, 0.717) is 23.5 Å². The van der Waals surface area contributed by atoms with Crippen LogP contribution in [0.2, 0.25) is 0 Å². The van der Waals surface area contributed by atoms with Gasteiger partial charge in [0.15, 0.2) is 11.5 Å². The molecule has 5 nitrogen and oxygen atoms in total. The zero-order valence-electron chi connectivity index (χ0n) is 15.8. The van der Waals surface area contributed by atoms with Crippen LogP contribution in [-0.2, 0) is 17.8 Å². The molecule has 2 aromatic rings. The molecular weight excluding hydrogens is 330 g/mol. The van der Waals surface area contributed by atoms with Crippen LogP contribution in [0.1, 0.15) is 29.5 Å². The minimum atomic E-state index is -1.10. The first-order chi connectivity index (χ1) is 12.5. The van der Waals surface area contributed by atoms with Crippen molar-refractivity contribution in [3.63, 3.8) is 0 Å². The van der Waals surface area contributed by atoms with Gasteiger partial charge in [-0.25, -0.2) is 0 Å². The number of hydrogen-bond donors (Lipinski definition) is 0. The highest BCUT2D eigenvalue weighted by Crippen LogP contribution is 2.34. The lowest BCUT2D eigenvalue weighted by molar-refractivity contribution is -0.307. The van der Waals surface area contributed by atoms with E-state index < -0.39 is 11.9 Å². The maximum absolute atomic E-state index is 11.4. The van der Waals surface area contributed by atoms with Gasteiger partial charge in [-0.1, -0.05) is 37.3 Å². The van der Waals surface area contributed by atoms with Crippen molar-refractivity contribution >= 4 is 5.97 Å². The smallest absolute Gasteiger partial charge is 0.161 e. The monoisotopic (exact) mass is 356 g/mol. The Labute approximate surface area is 155 Å². The SMILES string of the molecule is COc1cc(CCN(C)Cc2ccccc2)c(C(C)C(=O)[O-])cc1OC. The van der Waals surface area contributed by atoms with Crippen LogP contribution in [-0.4, -0.2) is 38.7 Å². The van der Waals surface area contributed by atoms with Crippen molar-refractivity contribution in [3.05, 3.63) is 59.2 Å². The van der Waals surface area contributed by atoms with Crippen LogP contribution in [0.4, 0.5) is 0 Å². The molecule has 5 heteroatoms. The number of methoxy groups -OCH3 is 2. The molecule has 0 saturated heterocycles. The number of carboxylic acids is 1. The zero-order chi connectivity index (χ0) is 19.1. The highest BCUT2D eigenvalue weighted by atomic mass is 16.5. The van der Waals surface area contributed by atoms with E-state index in [2.05, 4.69) is 24.1 Å². The van der Waals surface area contributed by atoms with Crippen LogP contribution in [0.15, 0.2) is 42.5 Å². The topological polar surface area (TPSA) is 61.8 Å². The Morgan fingerprint density at radius 3 is 2.31 bits per heavy atom. The molecular formula is C21H26NO4-. The van der Waals surface area contributed by atoms with Gasteiger partial charge in [-0.2, -0.15) is 0 Å². The summed E-state index contributed by atoms with van der Waals surface area (Å²) in [5, 5.41) is 11.4. The molecule has 1 unspecified atom stereocenters. The van der Waals surface area contributed by atoms with Gasteiger partial charge in [0.2, 0.25) is 0 Å². The van der Waals surface area contributed by atoms with Crippen molar-refractivity contribution in [2.45, 2.75) is 25.8 Å². The van der Waals surface area contributed by atoms with Gasteiger partial charge in [-0.3, -0.25) is 0 Å². The highest BCUT2D eigenvalue weighted by Gasteiger charge is 2.17. The molecule has 0 aliphatic rings. The number of carboxylic acid groups (broad SMARTS) is 1. The Morgan fingerprint density at radius 1 is 1.12 bits per heavy atom. The summed E-state index contributed by atoms with van der Waals surface area (Å²) in [6.45, 7) is 3.25. The molecule has 2 rings (SSSR count). The molecule has 0 aromatic heterocycles. The first-order valence-electron chi connectivity index (χ1n) is 8.64.